The lowest BCUT2D eigenvalue weighted by Crippen LogP contribution is -2.30. The smallest absolute Gasteiger partial charge is 0.0681 e. The maximum absolute atomic E-state index is 9.14. The molecule has 1 aromatic rings. The van der Waals surface area contributed by atoms with Crippen LogP contribution in [0.4, 0.5) is 5.69 Å². The van der Waals surface area contributed by atoms with Crippen molar-refractivity contribution in [1.29, 1.82) is 0 Å². The third kappa shape index (κ3) is 3.01. The summed E-state index contributed by atoms with van der Waals surface area (Å²) in [6, 6.07) is 7.06. The van der Waals surface area contributed by atoms with E-state index in [0.29, 0.717) is 5.92 Å². The van der Waals surface area contributed by atoms with Crippen LogP contribution >= 0.6 is 0 Å². The summed E-state index contributed by atoms with van der Waals surface area (Å²) in [5.74, 6) is 0.688. The molecule has 17 heavy (non-hydrogen) atoms. The summed E-state index contributed by atoms with van der Waals surface area (Å²) >= 11 is 0. The molecule has 2 nitrogen and oxygen atoms in total. The largest absolute Gasteiger partial charge is 0.392 e. The number of hydrogen-bond acceptors (Lipinski definition) is 2. The van der Waals surface area contributed by atoms with Crippen molar-refractivity contribution in [2.75, 3.05) is 11.4 Å². The Morgan fingerprint density at radius 3 is 2.53 bits per heavy atom. The number of rotatable bonds is 5. The van der Waals surface area contributed by atoms with Crippen LogP contribution in [0, 0.1) is 12.8 Å². The molecule has 0 atom stereocenters. The van der Waals surface area contributed by atoms with Crippen molar-refractivity contribution in [2.24, 2.45) is 5.92 Å². The van der Waals surface area contributed by atoms with E-state index < -0.39 is 0 Å². The minimum absolute atomic E-state index is 0.134. The topological polar surface area (TPSA) is 23.5 Å². The van der Waals surface area contributed by atoms with Gasteiger partial charge in [-0.1, -0.05) is 26.0 Å². The molecule has 2 rings (SSSR count). The summed E-state index contributed by atoms with van der Waals surface area (Å²) in [6.45, 7) is 7.95. The van der Waals surface area contributed by atoms with Gasteiger partial charge in [-0.25, -0.2) is 0 Å². The lowest BCUT2D eigenvalue weighted by molar-refractivity contribution is 0.282. The lowest BCUT2D eigenvalue weighted by Gasteiger charge is -2.28. The Morgan fingerprint density at radius 2 is 2.06 bits per heavy atom. The van der Waals surface area contributed by atoms with Crippen LogP contribution in [0.15, 0.2) is 18.2 Å². The third-order valence-electron chi connectivity index (χ3n) is 3.30. The van der Waals surface area contributed by atoms with Gasteiger partial charge in [0.25, 0.3) is 0 Å². The first kappa shape index (κ1) is 12.4. The van der Waals surface area contributed by atoms with Crippen LogP contribution in [0.2, 0.25) is 0 Å². The minimum Gasteiger partial charge on any atom is -0.392 e. The lowest BCUT2D eigenvalue weighted by atomic mass is 10.1. The van der Waals surface area contributed by atoms with Crippen LogP contribution < -0.4 is 4.90 Å². The monoisotopic (exact) mass is 233 g/mol. The molecule has 1 aliphatic rings. The average molecular weight is 233 g/mol. The highest BCUT2D eigenvalue weighted by Crippen LogP contribution is 2.34. The molecule has 0 amide bonds. The molecule has 0 bridgehead atoms. The number of nitrogens with zero attached hydrogens (tertiary/aromatic N) is 1. The molecule has 0 saturated heterocycles. The maximum Gasteiger partial charge on any atom is 0.0681 e. The zero-order valence-corrected chi connectivity index (χ0v) is 11.1. The fourth-order valence-electron chi connectivity index (χ4n) is 2.36. The van der Waals surface area contributed by atoms with E-state index >= 15 is 0 Å². The standard InChI is InChI=1S/C15H23NO/c1-11(2)9-16(14-5-6-14)15-7-4-13(10-17)8-12(15)3/h4,7-8,11,14,17H,5-6,9-10H2,1-3H3. The van der Waals surface area contributed by atoms with Crippen LogP contribution in [-0.4, -0.2) is 17.7 Å². The van der Waals surface area contributed by atoms with Crippen LogP contribution in [0.3, 0.4) is 0 Å². The van der Waals surface area contributed by atoms with Gasteiger partial charge < -0.3 is 10.0 Å². The Hall–Kier alpha value is -1.02. The minimum atomic E-state index is 0.134. The molecule has 94 valence electrons. The van der Waals surface area contributed by atoms with Gasteiger partial charge in [0.2, 0.25) is 0 Å². The van der Waals surface area contributed by atoms with Crippen molar-refractivity contribution in [3.05, 3.63) is 29.3 Å². The third-order valence-corrected chi connectivity index (χ3v) is 3.30. The van der Waals surface area contributed by atoms with Gasteiger partial charge in [0.05, 0.1) is 6.61 Å². The molecule has 0 aliphatic heterocycles. The summed E-state index contributed by atoms with van der Waals surface area (Å²) in [4.78, 5) is 2.54. The molecule has 0 spiro atoms. The van der Waals surface area contributed by atoms with Gasteiger partial charge in [0.1, 0.15) is 0 Å². The Balaban J connectivity index is 2.23. The molecule has 0 aromatic heterocycles. The first-order valence-electron chi connectivity index (χ1n) is 6.59. The molecule has 0 heterocycles. The van der Waals surface area contributed by atoms with Crippen LogP contribution in [-0.2, 0) is 6.61 Å². The van der Waals surface area contributed by atoms with E-state index in [1.807, 2.05) is 6.07 Å². The van der Waals surface area contributed by atoms with E-state index in [2.05, 4.69) is 37.8 Å². The van der Waals surface area contributed by atoms with Crippen molar-refractivity contribution in [3.8, 4) is 0 Å². The molecule has 1 N–H and O–H groups in total. The van der Waals surface area contributed by atoms with E-state index in [1.54, 1.807) is 0 Å². The fraction of sp³-hybridized carbons (Fsp3) is 0.600. The van der Waals surface area contributed by atoms with Gasteiger partial charge in [0, 0.05) is 18.3 Å². The fourth-order valence-corrected chi connectivity index (χ4v) is 2.36. The summed E-state index contributed by atoms with van der Waals surface area (Å²) < 4.78 is 0. The number of aryl methyl sites for hydroxylation is 1. The molecule has 1 aromatic carbocycles. The molecule has 1 saturated carbocycles. The van der Waals surface area contributed by atoms with Gasteiger partial charge in [-0.05, 0) is 42.9 Å². The summed E-state index contributed by atoms with van der Waals surface area (Å²) in [5.41, 5.74) is 3.63. The molecule has 1 aliphatic carbocycles. The number of anilines is 1. The predicted molar refractivity (Wildman–Crippen MR) is 72.3 cm³/mol. The Kier molecular flexibility index (Phi) is 3.72. The van der Waals surface area contributed by atoms with Crippen LogP contribution in [0.25, 0.3) is 0 Å². The summed E-state index contributed by atoms with van der Waals surface area (Å²) in [5, 5.41) is 9.14. The van der Waals surface area contributed by atoms with Crippen molar-refractivity contribution in [3.63, 3.8) is 0 Å². The van der Waals surface area contributed by atoms with Gasteiger partial charge in [-0.2, -0.15) is 0 Å². The van der Waals surface area contributed by atoms with Crippen molar-refractivity contribution >= 4 is 5.69 Å². The number of aliphatic hydroxyl groups is 1. The molecule has 0 unspecified atom stereocenters. The second-order valence-corrected chi connectivity index (χ2v) is 5.56. The summed E-state index contributed by atoms with van der Waals surface area (Å²) in [6.07, 6.45) is 2.65. The second kappa shape index (κ2) is 5.09. The van der Waals surface area contributed by atoms with Gasteiger partial charge in [-0.15, -0.1) is 0 Å². The van der Waals surface area contributed by atoms with Gasteiger partial charge in [-0.3, -0.25) is 0 Å². The zero-order valence-electron chi connectivity index (χ0n) is 11.1. The molecular weight excluding hydrogens is 210 g/mol. The number of aliphatic hydroxyl groups excluding tert-OH is 1. The SMILES string of the molecule is Cc1cc(CO)ccc1N(CC(C)C)C1CC1. The molecule has 1 fully saturated rings. The normalized spacial score (nSPS) is 15.4. The Morgan fingerprint density at radius 1 is 1.35 bits per heavy atom. The average Bonchev–Trinajstić information content (AvgIpc) is 3.09. The van der Waals surface area contributed by atoms with E-state index in [9.17, 15) is 0 Å². The molecule has 0 radical (unpaired) electrons. The van der Waals surface area contributed by atoms with E-state index in [-0.39, 0.29) is 6.61 Å². The van der Waals surface area contributed by atoms with Crippen molar-refractivity contribution < 1.29 is 5.11 Å². The van der Waals surface area contributed by atoms with Gasteiger partial charge >= 0.3 is 0 Å². The highest BCUT2D eigenvalue weighted by atomic mass is 16.3. The molecule has 2 heteroatoms. The van der Waals surface area contributed by atoms with Crippen molar-refractivity contribution in [1.82, 2.24) is 0 Å². The molecular formula is C15H23NO. The Labute approximate surface area is 104 Å². The van der Waals surface area contributed by atoms with Crippen molar-refractivity contribution in [2.45, 2.75) is 46.3 Å². The van der Waals surface area contributed by atoms with Crippen LogP contribution in [0.1, 0.15) is 37.8 Å². The highest BCUT2D eigenvalue weighted by molar-refractivity contribution is 5.56. The van der Waals surface area contributed by atoms with Gasteiger partial charge in [0.15, 0.2) is 0 Å². The van der Waals surface area contributed by atoms with E-state index in [1.165, 1.54) is 24.1 Å². The maximum atomic E-state index is 9.14. The zero-order chi connectivity index (χ0) is 12.4. The quantitative estimate of drug-likeness (QED) is 0.844. The number of benzene rings is 1. The number of hydrogen-bond donors (Lipinski definition) is 1. The predicted octanol–water partition coefficient (Wildman–Crippen LogP) is 3.11. The Bertz CT molecular complexity index is 383. The highest BCUT2D eigenvalue weighted by Gasteiger charge is 2.30. The first-order valence-corrected chi connectivity index (χ1v) is 6.59. The van der Waals surface area contributed by atoms with E-state index in [0.717, 1.165) is 18.2 Å². The van der Waals surface area contributed by atoms with Crippen LogP contribution in [0.5, 0.6) is 0 Å². The van der Waals surface area contributed by atoms with E-state index in [4.69, 9.17) is 5.11 Å². The first-order chi connectivity index (χ1) is 8.11. The second-order valence-electron chi connectivity index (χ2n) is 5.56. The summed E-state index contributed by atoms with van der Waals surface area (Å²) in [7, 11) is 0.